The molecule has 20 heavy (non-hydrogen) atoms. The molecule has 1 fully saturated rings. The fourth-order valence-electron chi connectivity index (χ4n) is 2.05. The number of hydrogen-bond donors (Lipinski definition) is 1. The normalized spacial score (nSPS) is 16.6. The van der Waals surface area contributed by atoms with Crippen LogP contribution in [0.2, 0.25) is 0 Å². The maximum absolute atomic E-state index is 11.8. The highest BCUT2D eigenvalue weighted by atomic mass is 32.2. The number of carbonyl (C=O) groups excluding carboxylic acids is 1. The van der Waals surface area contributed by atoms with Crippen LogP contribution in [-0.4, -0.2) is 46.2 Å². The molecular weight excluding hydrogens is 274 g/mol. The molecule has 0 atom stereocenters. The van der Waals surface area contributed by atoms with E-state index in [4.69, 9.17) is 5.26 Å². The molecule has 1 aliphatic heterocycles. The SMILES string of the molecule is N#Cc1cccc(NC(=O)CCN2CCS(=O)CC2)c1. The van der Waals surface area contributed by atoms with Crippen LogP contribution in [0.5, 0.6) is 0 Å². The average molecular weight is 291 g/mol. The number of hydrogen-bond acceptors (Lipinski definition) is 4. The van der Waals surface area contributed by atoms with Gasteiger partial charge in [0, 0.05) is 54.0 Å². The third kappa shape index (κ3) is 4.44. The first-order valence-electron chi connectivity index (χ1n) is 6.55. The van der Waals surface area contributed by atoms with Crippen LogP contribution in [0.1, 0.15) is 12.0 Å². The van der Waals surface area contributed by atoms with Gasteiger partial charge in [-0.2, -0.15) is 5.26 Å². The third-order valence-electron chi connectivity index (χ3n) is 3.20. The van der Waals surface area contributed by atoms with Gasteiger partial charge < -0.3 is 10.2 Å². The van der Waals surface area contributed by atoms with Crippen molar-refractivity contribution in [1.29, 1.82) is 5.26 Å². The van der Waals surface area contributed by atoms with Crippen molar-refractivity contribution >= 4 is 22.4 Å². The second-order valence-corrected chi connectivity index (χ2v) is 6.38. The molecule has 5 nitrogen and oxygen atoms in total. The fraction of sp³-hybridized carbons (Fsp3) is 0.429. The van der Waals surface area contributed by atoms with Gasteiger partial charge in [0.05, 0.1) is 11.6 Å². The molecule has 1 aromatic rings. The standard InChI is InChI=1S/C14H17N3O2S/c15-11-12-2-1-3-13(10-12)16-14(18)4-5-17-6-8-20(19)9-7-17/h1-3,10H,4-9H2,(H,16,18). The molecule has 1 aliphatic rings. The number of anilines is 1. The second kappa shape index (κ2) is 7.17. The number of benzene rings is 1. The van der Waals surface area contributed by atoms with Crippen molar-refractivity contribution in [3.05, 3.63) is 29.8 Å². The topological polar surface area (TPSA) is 73.2 Å². The predicted molar refractivity (Wildman–Crippen MR) is 78.7 cm³/mol. The van der Waals surface area contributed by atoms with Crippen molar-refractivity contribution < 1.29 is 9.00 Å². The molecule has 2 rings (SSSR count). The van der Waals surface area contributed by atoms with E-state index in [-0.39, 0.29) is 5.91 Å². The number of amides is 1. The first-order valence-corrected chi connectivity index (χ1v) is 8.03. The summed E-state index contributed by atoms with van der Waals surface area (Å²) in [6.07, 6.45) is 0.406. The Morgan fingerprint density at radius 3 is 2.85 bits per heavy atom. The Kier molecular flexibility index (Phi) is 5.27. The van der Waals surface area contributed by atoms with E-state index in [9.17, 15) is 9.00 Å². The number of nitriles is 1. The first-order chi connectivity index (χ1) is 9.67. The molecule has 0 unspecified atom stereocenters. The molecule has 0 saturated carbocycles. The summed E-state index contributed by atoms with van der Waals surface area (Å²) in [4.78, 5) is 14.0. The Morgan fingerprint density at radius 1 is 1.40 bits per heavy atom. The van der Waals surface area contributed by atoms with Crippen LogP contribution in [0.4, 0.5) is 5.69 Å². The van der Waals surface area contributed by atoms with E-state index in [1.54, 1.807) is 24.3 Å². The van der Waals surface area contributed by atoms with Gasteiger partial charge in [0.1, 0.15) is 0 Å². The second-order valence-electron chi connectivity index (χ2n) is 4.68. The fourth-order valence-corrected chi connectivity index (χ4v) is 3.18. The first kappa shape index (κ1) is 14.7. The van der Waals surface area contributed by atoms with Crippen LogP contribution in [0.25, 0.3) is 0 Å². The van der Waals surface area contributed by atoms with Crippen molar-refractivity contribution in [2.75, 3.05) is 36.5 Å². The lowest BCUT2D eigenvalue weighted by atomic mass is 10.2. The highest BCUT2D eigenvalue weighted by molar-refractivity contribution is 7.85. The zero-order valence-electron chi connectivity index (χ0n) is 11.2. The summed E-state index contributed by atoms with van der Waals surface area (Å²) in [5.41, 5.74) is 1.18. The summed E-state index contributed by atoms with van der Waals surface area (Å²) >= 11 is 0. The van der Waals surface area contributed by atoms with Crippen molar-refractivity contribution in [2.45, 2.75) is 6.42 Å². The third-order valence-corrected chi connectivity index (χ3v) is 4.48. The van der Waals surface area contributed by atoms with Crippen LogP contribution >= 0.6 is 0 Å². The van der Waals surface area contributed by atoms with Gasteiger partial charge in [-0.05, 0) is 18.2 Å². The van der Waals surface area contributed by atoms with Gasteiger partial charge in [-0.3, -0.25) is 9.00 Å². The minimum absolute atomic E-state index is 0.0632. The van der Waals surface area contributed by atoms with Gasteiger partial charge in [0.2, 0.25) is 5.91 Å². The Hall–Kier alpha value is -1.71. The summed E-state index contributed by atoms with van der Waals surface area (Å²) in [6, 6.07) is 8.90. The molecule has 1 N–H and O–H groups in total. The molecule has 1 amide bonds. The van der Waals surface area contributed by atoms with Gasteiger partial charge in [0.25, 0.3) is 0 Å². The van der Waals surface area contributed by atoms with Crippen LogP contribution < -0.4 is 5.32 Å². The quantitative estimate of drug-likeness (QED) is 0.896. The Labute approximate surface area is 121 Å². The molecule has 0 radical (unpaired) electrons. The van der Waals surface area contributed by atoms with Crippen LogP contribution in [0.3, 0.4) is 0 Å². The molecule has 0 aliphatic carbocycles. The summed E-state index contributed by atoms with van der Waals surface area (Å²) in [6.45, 7) is 2.27. The van der Waals surface area contributed by atoms with E-state index in [2.05, 4.69) is 10.2 Å². The Balaban J connectivity index is 1.78. The van der Waals surface area contributed by atoms with Gasteiger partial charge in [0.15, 0.2) is 0 Å². The average Bonchev–Trinajstić information content (AvgIpc) is 2.47. The summed E-state index contributed by atoms with van der Waals surface area (Å²) in [7, 11) is -0.683. The zero-order valence-corrected chi connectivity index (χ0v) is 12.0. The van der Waals surface area contributed by atoms with Gasteiger partial charge in [-0.25, -0.2) is 0 Å². The van der Waals surface area contributed by atoms with E-state index in [1.807, 2.05) is 6.07 Å². The number of carbonyl (C=O) groups is 1. The minimum atomic E-state index is -0.683. The lowest BCUT2D eigenvalue weighted by Gasteiger charge is -2.25. The highest BCUT2D eigenvalue weighted by Gasteiger charge is 2.15. The predicted octanol–water partition coefficient (Wildman–Crippen LogP) is 0.951. The largest absolute Gasteiger partial charge is 0.326 e. The zero-order chi connectivity index (χ0) is 14.4. The van der Waals surface area contributed by atoms with E-state index in [0.29, 0.717) is 35.7 Å². The van der Waals surface area contributed by atoms with E-state index in [0.717, 1.165) is 13.1 Å². The number of rotatable bonds is 4. The van der Waals surface area contributed by atoms with Crippen LogP contribution in [0.15, 0.2) is 24.3 Å². The Bertz CT molecular complexity index is 544. The molecule has 0 aromatic heterocycles. The molecular formula is C14H17N3O2S. The maximum atomic E-state index is 11.8. The van der Waals surface area contributed by atoms with Crippen molar-refractivity contribution in [2.24, 2.45) is 0 Å². The van der Waals surface area contributed by atoms with Gasteiger partial charge in [-0.1, -0.05) is 6.07 Å². The molecule has 1 saturated heterocycles. The summed E-state index contributed by atoms with van der Waals surface area (Å²) in [5, 5.41) is 11.6. The monoisotopic (exact) mass is 291 g/mol. The molecule has 106 valence electrons. The van der Waals surface area contributed by atoms with Crippen molar-refractivity contribution in [1.82, 2.24) is 4.90 Å². The van der Waals surface area contributed by atoms with Gasteiger partial charge in [-0.15, -0.1) is 0 Å². The van der Waals surface area contributed by atoms with E-state index < -0.39 is 10.8 Å². The van der Waals surface area contributed by atoms with Gasteiger partial charge >= 0.3 is 0 Å². The maximum Gasteiger partial charge on any atom is 0.225 e. The molecule has 6 heteroatoms. The number of nitrogens with zero attached hydrogens (tertiary/aromatic N) is 2. The molecule has 1 aromatic carbocycles. The summed E-state index contributed by atoms with van der Waals surface area (Å²) in [5.74, 6) is 1.34. The lowest BCUT2D eigenvalue weighted by molar-refractivity contribution is -0.116. The smallest absolute Gasteiger partial charge is 0.225 e. The van der Waals surface area contributed by atoms with Crippen molar-refractivity contribution in [3.8, 4) is 6.07 Å². The Morgan fingerprint density at radius 2 is 2.15 bits per heavy atom. The molecule has 1 heterocycles. The minimum Gasteiger partial charge on any atom is -0.326 e. The van der Waals surface area contributed by atoms with E-state index in [1.165, 1.54) is 0 Å². The van der Waals surface area contributed by atoms with Crippen LogP contribution in [0, 0.1) is 11.3 Å². The summed E-state index contributed by atoms with van der Waals surface area (Å²) < 4.78 is 11.2. The number of nitrogens with one attached hydrogen (secondary N) is 1. The van der Waals surface area contributed by atoms with E-state index >= 15 is 0 Å². The van der Waals surface area contributed by atoms with Crippen LogP contribution in [-0.2, 0) is 15.6 Å². The highest BCUT2D eigenvalue weighted by Crippen LogP contribution is 2.10. The molecule has 0 spiro atoms. The lowest BCUT2D eigenvalue weighted by Crippen LogP contribution is -2.39. The molecule has 0 bridgehead atoms. The van der Waals surface area contributed by atoms with Crippen molar-refractivity contribution in [3.63, 3.8) is 0 Å².